The lowest BCUT2D eigenvalue weighted by atomic mass is 10.0. The predicted molar refractivity (Wildman–Crippen MR) is 99.9 cm³/mol. The number of aryl methyl sites for hydroxylation is 1. The fourth-order valence-corrected chi connectivity index (χ4v) is 3.02. The van der Waals surface area contributed by atoms with E-state index in [1.165, 1.54) is 0 Å². The van der Waals surface area contributed by atoms with Crippen LogP contribution in [0.3, 0.4) is 0 Å². The van der Waals surface area contributed by atoms with E-state index < -0.39 is 5.97 Å². The Bertz CT molecular complexity index is 553. The molecule has 0 amide bonds. The lowest BCUT2D eigenvalue weighted by Crippen LogP contribution is -2.23. The number of aromatic nitrogens is 1. The zero-order chi connectivity index (χ0) is 18.5. The molecule has 0 fully saturated rings. The molecule has 1 aromatic heterocycles. The topological polar surface area (TPSA) is 79.5 Å². The van der Waals surface area contributed by atoms with Crippen LogP contribution >= 0.6 is 0 Å². The molecule has 0 aliphatic carbocycles. The van der Waals surface area contributed by atoms with Gasteiger partial charge in [-0.3, -0.25) is 9.59 Å². The van der Waals surface area contributed by atoms with Crippen molar-refractivity contribution in [1.29, 1.82) is 0 Å². The number of hydrogen-bond donors (Lipinski definition) is 2. The molecule has 0 radical (unpaired) electrons. The van der Waals surface area contributed by atoms with Gasteiger partial charge in [0.2, 0.25) is 0 Å². The van der Waals surface area contributed by atoms with E-state index in [2.05, 4.69) is 6.92 Å². The van der Waals surface area contributed by atoms with Crippen LogP contribution < -0.4 is 5.56 Å². The van der Waals surface area contributed by atoms with Gasteiger partial charge in [-0.2, -0.15) is 0 Å². The van der Waals surface area contributed by atoms with Crippen LogP contribution in [0.1, 0.15) is 76.8 Å². The molecule has 1 unspecified atom stereocenters. The molecule has 0 aromatic carbocycles. The van der Waals surface area contributed by atoms with E-state index in [1.54, 1.807) is 16.7 Å². The standard InChI is InChI=1S/C20H33NO4/c1-2-3-6-11-18(22)15-14-17-10-9-12-19(23)21(17)16-8-5-4-7-13-20(24)25/h9-10,12,18,22H,2-8,11,13-16H2,1H3,(H,24,25). The van der Waals surface area contributed by atoms with Crippen molar-refractivity contribution in [2.45, 2.75) is 90.2 Å². The first-order valence-electron chi connectivity index (χ1n) is 9.63. The lowest BCUT2D eigenvalue weighted by molar-refractivity contribution is -0.137. The highest BCUT2D eigenvalue weighted by Gasteiger charge is 2.08. The fraction of sp³-hybridized carbons (Fsp3) is 0.700. The van der Waals surface area contributed by atoms with Gasteiger partial charge in [0, 0.05) is 24.7 Å². The van der Waals surface area contributed by atoms with Crippen molar-refractivity contribution in [2.24, 2.45) is 0 Å². The molecule has 5 heteroatoms. The molecule has 142 valence electrons. The first kappa shape index (κ1) is 21.4. The third-order valence-electron chi connectivity index (χ3n) is 4.54. The molecule has 0 spiro atoms. The summed E-state index contributed by atoms with van der Waals surface area (Å²) in [5.41, 5.74) is 0.982. The second-order valence-electron chi connectivity index (χ2n) is 6.75. The fourth-order valence-electron chi connectivity index (χ4n) is 3.02. The van der Waals surface area contributed by atoms with Crippen LogP contribution in [-0.4, -0.2) is 26.9 Å². The summed E-state index contributed by atoms with van der Waals surface area (Å²) in [6.07, 6.45) is 8.85. The second kappa shape index (κ2) is 12.7. The number of aliphatic hydroxyl groups excluding tert-OH is 1. The molecule has 0 saturated heterocycles. The molecule has 5 nitrogen and oxygen atoms in total. The number of aliphatic hydroxyl groups is 1. The number of hydrogen-bond acceptors (Lipinski definition) is 3. The summed E-state index contributed by atoms with van der Waals surface area (Å²) in [5, 5.41) is 18.7. The average Bonchev–Trinajstić information content (AvgIpc) is 2.57. The van der Waals surface area contributed by atoms with Gasteiger partial charge < -0.3 is 14.8 Å². The van der Waals surface area contributed by atoms with Gasteiger partial charge in [0.1, 0.15) is 0 Å². The van der Waals surface area contributed by atoms with Gasteiger partial charge in [-0.25, -0.2) is 0 Å². The van der Waals surface area contributed by atoms with Crippen LogP contribution in [0, 0.1) is 0 Å². The molecule has 1 heterocycles. The predicted octanol–water partition coefficient (Wildman–Crippen LogP) is 3.76. The highest BCUT2D eigenvalue weighted by atomic mass is 16.4. The Morgan fingerprint density at radius 2 is 1.84 bits per heavy atom. The largest absolute Gasteiger partial charge is 0.481 e. The Morgan fingerprint density at radius 3 is 2.56 bits per heavy atom. The second-order valence-corrected chi connectivity index (χ2v) is 6.75. The molecule has 1 atom stereocenters. The van der Waals surface area contributed by atoms with Gasteiger partial charge in [-0.15, -0.1) is 0 Å². The molecular weight excluding hydrogens is 318 g/mol. The number of carboxylic acid groups (broad SMARTS) is 1. The number of pyridine rings is 1. The molecule has 0 saturated carbocycles. The van der Waals surface area contributed by atoms with E-state index in [4.69, 9.17) is 5.11 Å². The number of aliphatic carboxylic acids is 1. The van der Waals surface area contributed by atoms with Gasteiger partial charge in [-0.1, -0.05) is 45.1 Å². The van der Waals surface area contributed by atoms with Crippen molar-refractivity contribution in [3.05, 3.63) is 34.2 Å². The van der Waals surface area contributed by atoms with Crippen LogP contribution in [-0.2, 0) is 17.8 Å². The molecule has 25 heavy (non-hydrogen) atoms. The molecule has 2 N–H and O–H groups in total. The monoisotopic (exact) mass is 351 g/mol. The Kier molecular flexibility index (Phi) is 10.9. The van der Waals surface area contributed by atoms with Crippen LogP contribution in [0.15, 0.2) is 23.0 Å². The SMILES string of the molecule is CCCCCC(O)CCc1cccc(=O)n1CCCCCCC(=O)O. The Labute approximate surface area is 150 Å². The number of carboxylic acids is 1. The average molecular weight is 351 g/mol. The maximum absolute atomic E-state index is 12.1. The Hall–Kier alpha value is -1.62. The maximum atomic E-state index is 12.1. The zero-order valence-electron chi connectivity index (χ0n) is 15.5. The van der Waals surface area contributed by atoms with Crippen molar-refractivity contribution in [3.8, 4) is 0 Å². The van der Waals surface area contributed by atoms with E-state index in [1.807, 2.05) is 6.07 Å². The van der Waals surface area contributed by atoms with Crippen molar-refractivity contribution < 1.29 is 15.0 Å². The molecule has 0 aliphatic rings. The summed E-state index contributed by atoms with van der Waals surface area (Å²) in [6.45, 7) is 2.81. The van der Waals surface area contributed by atoms with Crippen molar-refractivity contribution in [1.82, 2.24) is 4.57 Å². The van der Waals surface area contributed by atoms with Crippen LogP contribution in [0.2, 0.25) is 0 Å². The summed E-state index contributed by atoms with van der Waals surface area (Å²) >= 11 is 0. The number of rotatable bonds is 14. The third-order valence-corrected chi connectivity index (χ3v) is 4.54. The highest BCUT2D eigenvalue weighted by Crippen LogP contribution is 2.11. The highest BCUT2D eigenvalue weighted by molar-refractivity contribution is 5.66. The number of carbonyl (C=O) groups is 1. The van der Waals surface area contributed by atoms with Crippen LogP contribution in [0.4, 0.5) is 0 Å². The Balaban J connectivity index is 2.43. The summed E-state index contributed by atoms with van der Waals surface area (Å²) < 4.78 is 1.80. The smallest absolute Gasteiger partial charge is 0.303 e. The minimum atomic E-state index is -0.751. The molecule has 0 aliphatic heterocycles. The summed E-state index contributed by atoms with van der Waals surface area (Å²) in [5.74, 6) is -0.751. The van der Waals surface area contributed by atoms with Crippen molar-refractivity contribution in [2.75, 3.05) is 0 Å². The van der Waals surface area contributed by atoms with Gasteiger partial charge in [0.25, 0.3) is 5.56 Å². The minimum absolute atomic E-state index is 0.00325. The molecule has 1 aromatic rings. The molecule has 1 rings (SSSR count). The van der Waals surface area contributed by atoms with Crippen molar-refractivity contribution in [3.63, 3.8) is 0 Å². The molecular formula is C20H33NO4. The van der Waals surface area contributed by atoms with Gasteiger partial charge >= 0.3 is 5.97 Å². The van der Waals surface area contributed by atoms with Gasteiger partial charge in [0.05, 0.1) is 6.10 Å². The maximum Gasteiger partial charge on any atom is 0.303 e. The summed E-state index contributed by atoms with van der Waals surface area (Å²) in [4.78, 5) is 22.6. The third kappa shape index (κ3) is 9.44. The first-order chi connectivity index (χ1) is 12.0. The lowest BCUT2D eigenvalue weighted by Gasteiger charge is -2.15. The number of unbranched alkanes of at least 4 members (excludes halogenated alkanes) is 5. The van der Waals surface area contributed by atoms with E-state index in [0.717, 1.165) is 50.6 Å². The Morgan fingerprint density at radius 1 is 1.08 bits per heavy atom. The van der Waals surface area contributed by atoms with Crippen LogP contribution in [0.25, 0.3) is 0 Å². The summed E-state index contributed by atoms with van der Waals surface area (Å²) in [7, 11) is 0. The van der Waals surface area contributed by atoms with Crippen LogP contribution in [0.5, 0.6) is 0 Å². The van der Waals surface area contributed by atoms with E-state index in [-0.39, 0.29) is 18.1 Å². The van der Waals surface area contributed by atoms with Gasteiger partial charge in [-0.05, 0) is 38.2 Å². The van der Waals surface area contributed by atoms with E-state index in [9.17, 15) is 14.7 Å². The number of nitrogens with zero attached hydrogens (tertiary/aromatic N) is 1. The quantitative estimate of drug-likeness (QED) is 0.500. The normalized spacial score (nSPS) is 12.2. The zero-order valence-corrected chi connectivity index (χ0v) is 15.5. The van der Waals surface area contributed by atoms with E-state index >= 15 is 0 Å². The first-order valence-corrected chi connectivity index (χ1v) is 9.63. The van der Waals surface area contributed by atoms with Crippen molar-refractivity contribution >= 4 is 5.97 Å². The van der Waals surface area contributed by atoms with E-state index in [0.29, 0.717) is 25.8 Å². The minimum Gasteiger partial charge on any atom is -0.481 e. The van der Waals surface area contributed by atoms with Gasteiger partial charge in [0.15, 0.2) is 0 Å². The molecule has 0 bridgehead atoms. The summed E-state index contributed by atoms with van der Waals surface area (Å²) in [6, 6.07) is 5.32.